The van der Waals surface area contributed by atoms with Crippen LogP contribution in [0.5, 0.6) is 0 Å². The standard InChI is InChI=1S/C20H25NO/c22-20(12-11-17-7-3-1-4-8-17)16-21-14-13-19(15-21)18-9-5-2-6-10-18/h1-10,19-20,22H,11-16H2. The van der Waals surface area contributed by atoms with Crippen molar-refractivity contribution in [3.63, 3.8) is 0 Å². The second-order valence-corrected chi connectivity index (χ2v) is 6.33. The molecule has 1 aliphatic heterocycles. The summed E-state index contributed by atoms with van der Waals surface area (Å²) in [6.45, 7) is 2.98. The number of benzene rings is 2. The van der Waals surface area contributed by atoms with Crippen LogP contribution >= 0.6 is 0 Å². The summed E-state index contributed by atoms with van der Waals surface area (Å²) in [5.41, 5.74) is 2.74. The third kappa shape index (κ3) is 4.19. The van der Waals surface area contributed by atoms with Crippen LogP contribution in [0, 0.1) is 0 Å². The molecule has 2 aromatic carbocycles. The first kappa shape index (κ1) is 15.3. The van der Waals surface area contributed by atoms with Crippen molar-refractivity contribution in [3.05, 3.63) is 71.8 Å². The van der Waals surface area contributed by atoms with Gasteiger partial charge >= 0.3 is 0 Å². The van der Waals surface area contributed by atoms with E-state index in [0.29, 0.717) is 5.92 Å². The zero-order chi connectivity index (χ0) is 15.2. The minimum atomic E-state index is -0.227. The van der Waals surface area contributed by atoms with Crippen molar-refractivity contribution in [2.45, 2.75) is 31.3 Å². The number of rotatable bonds is 6. The summed E-state index contributed by atoms with van der Waals surface area (Å²) in [5, 5.41) is 10.3. The van der Waals surface area contributed by atoms with Crippen LogP contribution in [0.25, 0.3) is 0 Å². The third-order valence-corrected chi connectivity index (χ3v) is 4.62. The molecule has 2 nitrogen and oxygen atoms in total. The number of nitrogens with zero attached hydrogens (tertiary/aromatic N) is 1. The summed E-state index contributed by atoms with van der Waals surface area (Å²) in [6, 6.07) is 21.2. The molecule has 1 N–H and O–H groups in total. The Balaban J connectivity index is 1.44. The predicted molar refractivity (Wildman–Crippen MR) is 91.0 cm³/mol. The average Bonchev–Trinajstić information content (AvgIpc) is 3.03. The van der Waals surface area contributed by atoms with Crippen molar-refractivity contribution in [1.29, 1.82) is 0 Å². The Morgan fingerprint density at radius 1 is 1.00 bits per heavy atom. The molecular weight excluding hydrogens is 270 g/mol. The van der Waals surface area contributed by atoms with E-state index in [1.165, 1.54) is 17.5 Å². The monoisotopic (exact) mass is 295 g/mol. The number of likely N-dealkylation sites (tertiary alicyclic amines) is 1. The molecule has 116 valence electrons. The van der Waals surface area contributed by atoms with Gasteiger partial charge in [0.2, 0.25) is 0 Å². The molecule has 0 saturated carbocycles. The number of aliphatic hydroxyl groups excluding tert-OH is 1. The Kier molecular flexibility index (Phi) is 5.25. The Bertz CT molecular complexity index is 554. The summed E-state index contributed by atoms with van der Waals surface area (Å²) in [4.78, 5) is 2.41. The lowest BCUT2D eigenvalue weighted by Crippen LogP contribution is -2.30. The first-order valence-corrected chi connectivity index (χ1v) is 8.30. The minimum absolute atomic E-state index is 0.227. The molecular formula is C20H25NO. The Labute approximate surface area is 133 Å². The van der Waals surface area contributed by atoms with Crippen LogP contribution in [0.15, 0.2) is 60.7 Å². The molecule has 2 atom stereocenters. The number of hydrogen-bond donors (Lipinski definition) is 1. The van der Waals surface area contributed by atoms with Gasteiger partial charge in [0, 0.05) is 13.1 Å². The highest BCUT2D eigenvalue weighted by Crippen LogP contribution is 2.27. The van der Waals surface area contributed by atoms with Gasteiger partial charge in [0.25, 0.3) is 0 Å². The average molecular weight is 295 g/mol. The largest absolute Gasteiger partial charge is 0.392 e. The van der Waals surface area contributed by atoms with E-state index in [-0.39, 0.29) is 6.10 Å². The molecule has 1 aliphatic rings. The second-order valence-electron chi connectivity index (χ2n) is 6.33. The fraction of sp³-hybridized carbons (Fsp3) is 0.400. The van der Waals surface area contributed by atoms with Gasteiger partial charge in [-0.2, -0.15) is 0 Å². The summed E-state index contributed by atoms with van der Waals surface area (Å²) in [6.07, 6.45) is 2.78. The first-order chi connectivity index (χ1) is 10.8. The molecule has 0 bridgehead atoms. The zero-order valence-corrected chi connectivity index (χ0v) is 13.1. The van der Waals surface area contributed by atoms with Crippen LogP contribution < -0.4 is 0 Å². The highest BCUT2D eigenvalue weighted by Gasteiger charge is 2.24. The van der Waals surface area contributed by atoms with Gasteiger partial charge in [0.05, 0.1) is 6.10 Å². The lowest BCUT2D eigenvalue weighted by Gasteiger charge is -2.20. The second kappa shape index (κ2) is 7.57. The molecule has 0 spiro atoms. The van der Waals surface area contributed by atoms with Gasteiger partial charge < -0.3 is 10.0 Å². The molecule has 2 aromatic rings. The molecule has 2 heteroatoms. The molecule has 2 unspecified atom stereocenters. The van der Waals surface area contributed by atoms with E-state index in [1.54, 1.807) is 0 Å². The van der Waals surface area contributed by atoms with Gasteiger partial charge in [-0.15, -0.1) is 0 Å². The highest BCUT2D eigenvalue weighted by atomic mass is 16.3. The maximum Gasteiger partial charge on any atom is 0.0670 e. The normalized spacial score (nSPS) is 20.1. The number of hydrogen-bond acceptors (Lipinski definition) is 2. The number of aliphatic hydroxyl groups is 1. The summed E-state index contributed by atoms with van der Waals surface area (Å²) in [5.74, 6) is 0.627. The van der Waals surface area contributed by atoms with Crippen LogP contribution in [-0.2, 0) is 6.42 Å². The van der Waals surface area contributed by atoms with E-state index >= 15 is 0 Å². The van der Waals surface area contributed by atoms with Crippen LogP contribution in [0.1, 0.15) is 29.9 Å². The molecule has 0 aliphatic carbocycles. The van der Waals surface area contributed by atoms with Gasteiger partial charge in [0.15, 0.2) is 0 Å². The molecule has 1 fully saturated rings. The van der Waals surface area contributed by atoms with E-state index in [9.17, 15) is 5.11 Å². The lowest BCUT2D eigenvalue weighted by molar-refractivity contribution is 0.117. The van der Waals surface area contributed by atoms with Crippen molar-refractivity contribution < 1.29 is 5.11 Å². The summed E-state index contributed by atoms with van der Waals surface area (Å²) < 4.78 is 0. The fourth-order valence-corrected chi connectivity index (χ4v) is 3.36. The maximum absolute atomic E-state index is 10.3. The Morgan fingerprint density at radius 3 is 2.41 bits per heavy atom. The minimum Gasteiger partial charge on any atom is -0.392 e. The predicted octanol–water partition coefficient (Wildman–Crippen LogP) is 3.47. The zero-order valence-electron chi connectivity index (χ0n) is 13.1. The highest BCUT2D eigenvalue weighted by molar-refractivity contribution is 5.21. The Morgan fingerprint density at radius 2 is 1.68 bits per heavy atom. The molecule has 22 heavy (non-hydrogen) atoms. The summed E-state index contributed by atoms with van der Waals surface area (Å²) >= 11 is 0. The molecule has 1 heterocycles. The summed E-state index contributed by atoms with van der Waals surface area (Å²) in [7, 11) is 0. The van der Waals surface area contributed by atoms with E-state index < -0.39 is 0 Å². The molecule has 0 amide bonds. The fourth-order valence-electron chi connectivity index (χ4n) is 3.36. The van der Waals surface area contributed by atoms with Gasteiger partial charge in [-0.25, -0.2) is 0 Å². The van der Waals surface area contributed by atoms with Crippen molar-refractivity contribution in [2.75, 3.05) is 19.6 Å². The van der Waals surface area contributed by atoms with Gasteiger partial charge in [0.1, 0.15) is 0 Å². The van der Waals surface area contributed by atoms with Crippen molar-refractivity contribution >= 4 is 0 Å². The SMILES string of the molecule is OC(CCc1ccccc1)CN1CCC(c2ccccc2)C1. The van der Waals surface area contributed by atoms with Gasteiger partial charge in [-0.05, 0) is 42.9 Å². The smallest absolute Gasteiger partial charge is 0.0670 e. The van der Waals surface area contributed by atoms with Crippen LogP contribution in [0.2, 0.25) is 0 Å². The first-order valence-electron chi connectivity index (χ1n) is 8.30. The van der Waals surface area contributed by atoms with Crippen LogP contribution in [-0.4, -0.2) is 35.7 Å². The van der Waals surface area contributed by atoms with Crippen LogP contribution in [0.4, 0.5) is 0 Å². The maximum atomic E-state index is 10.3. The van der Waals surface area contributed by atoms with Crippen LogP contribution in [0.3, 0.4) is 0 Å². The van der Waals surface area contributed by atoms with Crippen molar-refractivity contribution in [3.8, 4) is 0 Å². The topological polar surface area (TPSA) is 23.5 Å². The van der Waals surface area contributed by atoms with Crippen molar-refractivity contribution in [2.24, 2.45) is 0 Å². The third-order valence-electron chi connectivity index (χ3n) is 4.62. The Hall–Kier alpha value is -1.64. The van der Waals surface area contributed by atoms with E-state index in [2.05, 4.69) is 59.5 Å². The molecule has 3 rings (SSSR count). The van der Waals surface area contributed by atoms with Gasteiger partial charge in [-0.1, -0.05) is 60.7 Å². The van der Waals surface area contributed by atoms with Gasteiger partial charge in [-0.3, -0.25) is 0 Å². The van der Waals surface area contributed by atoms with E-state index in [0.717, 1.165) is 32.5 Å². The number of aryl methyl sites for hydroxylation is 1. The molecule has 1 saturated heterocycles. The molecule has 0 radical (unpaired) electrons. The molecule has 0 aromatic heterocycles. The lowest BCUT2D eigenvalue weighted by atomic mass is 9.99. The van der Waals surface area contributed by atoms with E-state index in [4.69, 9.17) is 0 Å². The van der Waals surface area contributed by atoms with E-state index in [1.807, 2.05) is 6.07 Å². The quantitative estimate of drug-likeness (QED) is 0.882. The number of β-amino-alcohol motifs (C(OH)–C–C–N with tert-alkyl or cyclic N) is 1. The van der Waals surface area contributed by atoms with Crippen molar-refractivity contribution in [1.82, 2.24) is 4.90 Å².